The highest BCUT2D eigenvalue weighted by Crippen LogP contribution is 2.44. The second-order valence-electron chi connectivity index (χ2n) is 10.8. The van der Waals surface area contributed by atoms with Gasteiger partial charge in [-0.2, -0.15) is 13.2 Å². The van der Waals surface area contributed by atoms with Crippen molar-refractivity contribution in [2.75, 3.05) is 10.2 Å². The van der Waals surface area contributed by atoms with Gasteiger partial charge in [-0.15, -0.1) is 0 Å². The van der Waals surface area contributed by atoms with Gasteiger partial charge < -0.3 is 20.1 Å². The summed E-state index contributed by atoms with van der Waals surface area (Å²) in [7, 11) is 0. The smallest absolute Gasteiger partial charge is 0.351 e. The second-order valence-corrected chi connectivity index (χ2v) is 11.2. The Morgan fingerprint density at radius 3 is 2.40 bits per heavy atom. The summed E-state index contributed by atoms with van der Waals surface area (Å²) in [6.45, 7) is 9.40. The lowest BCUT2D eigenvalue weighted by Gasteiger charge is -2.29. The van der Waals surface area contributed by atoms with Gasteiger partial charge in [0.15, 0.2) is 5.11 Å². The van der Waals surface area contributed by atoms with Crippen LogP contribution in [0, 0.1) is 26.7 Å². The van der Waals surface area contributed by atoms with Crippen LogP contribution < -0.4 is 15.5 Å². The molecule has 2 aromatic heterocycles. The number of benzene rings is 2. The van der Waals surface area contributed by atoms with Crippen LogP contribution in [0.5, 0.6) is 0 Å². The molecule has 0 aliphatic carbocycles. The van der Waals surface area contributed by atoms with Crippen LogP contribution in [-0.2, 0) is 11.0 Å². The highest BCUT2D eigenvalue weighted by atomic mass is 32.1. The Bertz CT molecular complexity index is 1650. The number of alkyl halides is 3. The molecule has 0 spiro atoms. The lowest BCUT2D eigenvalue weighted by atomic mass is 9.96. The third-order valence-corrected chi connectivity index (χ3v) is 7.90. The predicted octanol–water partition coefficient (Wildman–Crippen LogP) is 7.59. The zero-order valence-electron chi connectivity index (χ0n) is 24.0. The van der Waals surface area contributed by atoms with E-state index in [4.69, 9.17) is 12.2 Å². The topological polar surface area (TPSA) is 62.2 Å². The lowest BCUT2D eigenvalue weighted by molar-refractivity contribution is -0.137. The Morgan fingerprint density at radius 1 is 1.00 bits per heavy atom. The molecule has 2 atom stereocenters. The van der Waals surface area contributed by atoms with E-state index < -0.39 is 11.7 Å². The summed E-state index contributed by atoms with van der Waals surface area (Å²) in [6, 6.07) is 18.1. The van der Waals surface area contributed by atoms with Crippen LogP contribution in [0.2, 0.25) is 0 Å². The van der Waals surface area contributed by atoms with Crippen molar-refractivity contribution in [3.63, 3.8) is 0 Å². The van der Waals surface area contributed by atoms with Gasteiger partial charge in [0.2, 0.25) is 5.91 Å². The molecule has 2 N–H and O–H groups in total. The minimum absolute atomic E-state index is 0.0701. The second kappa shape index (κ2) is 11.2. The largest absolute Gasteiger partial charge is 0.416 e. The number of halogens is 3. The van der Waals surface area contributed by atoms with Crippen LogP contribution in [0.4, 0.5) is 24.5 Å². The zero-order valence-corrected chi connectivity index (χ0v) is 24.8. The molecule has 0 saturated carbocycles. The minimum atomic E-state index is -4.45. The Hall–Kier alpha value is -4.18. The normalized spacial score (nSPS) is 17.1. The molecule has 10 heteroatoms. The number of aromatic nitrogens is 2. The molecule has 1 aliphatic heterocycles. The van der Waals surface area contributed by atoms with Crippen molar-refractivity contribution < 1.29 is 18.0 Å². The fourth-order valence-corrected chi connectivity index (χ4v) is 5.82. The summed E-state index contributed by atoms with van der Waals surface area (Å²) < 4.78 is 42.5. The molecule has 3 heterocycles. The predicted molar refractivity (Wildman–Crippen MR) is 163 cm³/mol. The SMILES string of the molecule is Cc1cc(N2C(=S)N[C@H](c3ccccn3)[C@@H]2c2cc(C)n(-c3cccc(C(F)(F)F)c3)c2C)ccc1NC(=O)C(C)C. The van der Waals surface area contributed by atoms with Crippen LogP contribution in [0.15, 0.2) is 72.9 Å². The van der Waals surface area contributed by atoms with Gasteiger partial charge in [-0.3, -0.25) is 9.78 Å². The number of hydrogen-bond donors (Lipinski definition) is 2. The average molecular weight is 592 g/mol. The van der Waals surface area contributed by atoms with E-state index in [9.17, 15) is 18.0 Å². The summed E-state index contributed by atoms with van der Waals surface area (Å²) >= 11 is 5.88. The standard InChI is InChI=1S/C32H32F3N5OS/c1-18(2)30(41)37-26-13-12-24(15-19(26)3)40-29(28(38-31(40)42)27-11-6-7-14-36-27)25-16-20(4)39(21(25)5)23-10-8-9-22(17-23)32(33,34)35/h6-18,28-29H,1-5H3,(H,37,41)(H,38,42)/t28-,29+/m1/s1. The molecule has 42 heavy (non-hydrogen) atoms. The summed E-state index contributed by atoms with van der Waals surface area (Å²) in [5.74, 6) is -0.227. The fraction of sp³-hybridized carbons (Fsp3) is 0.281. The third kappa shape index (κ3) is 5.51. The Labute approximate surface area is 248 Å². The third-order valence-electron chi connectivity index (χ3n) is 7.59. The molecule has 6 nitrogen and oxygen atoms in total. The van der Waals surface area contributed by atoms with Crippen LogP contribution in [0.25, 0.3) is 5.69 Å². The average Bonchev–Trinajstić information content (AvgIpc) is 3.44. The van der Waals surface area contributed by atoms with Crippen LogP contribution in [0.3, 0.4) is 0 Å². The summed E-state index contributed by atoms with van der Waals surface area (Å²) in [5, 5.41) is 6.91. The molecule has 0 radical (unpaired) electrons. The first-order valence-electron chi connectivity index (χ1n) is 13.7. The molecule has 1 fully saturated rings. The minimum Gasteiger partial charge on any atom is -0.351 e. The van der Waals surface area contributed by atoms with Gasteiger partial charge in [-0.25, -0.2) is 0 Å². The lowest BCUT2D eigenvalue weighted by Crippen LogP contribution is -2.29. The number of aryl methyl sites for hydroxylation is 2. The van der Waals surface area contributed by atoms with E-state index in [-0.39, 0.29) is 23.9 Å². The number of pyridine rings is 1. The highest BCUT2D eigenvalue weighted by Gasteiger charge is 2.42. The Balaban J connectivity index is 1.62. The van der Waals surface area contributed by atoms with E-state index in [1.807, 2.05) is 86.6 Å². The van der Waals surface area contributed by atoms with Crippen molar-refractivity contribution in [3.8, 4) is 5.69 Å². The number of amides is 1. The quantitative estimate of drug-likeness (QED) is 0.226. The van der Waals surface area contributed by atoms with Gasteiger partial charge in [0.05, 0.1) is 23.3 Å². The number of nitrogens with zero attached hydrogens (tertiary/aromatic N) is 3. The summed E-state index contributed by atoms with van der Waals surface area (Å²) in [6.07, 6.45) is -2.73. The number of carbonyl (C=O) groups is 1. The van der Waals surface area contributed by atoms with E-state index in [1.165, 1.54) is 12.1 Å². The zero-order chi connectivity index (χ0) is 30.3. The van der Waals surface area contributed by atoms with Crippen molar-refractivity contribution >= 4 is 34.6 Å². The van der Waals surface area contributed by atoms with Gasteiger partial charge in [-0.1, -0.05) is 26.0 Å². The maximum absolute atomic E-state index is 13.6. The maximum Gasteiger partial charge on any atom is 0.416 e. The molecule has 1 saturated heterocycles. The van der Waals surface area contributed by atoms with Crippen LogP contribution in [-0.4, -0.2) is 20.6 Å². The van der Waals surface area contributed by atoms with E-state index in [0.29, 0.717) is 10.8 Å². The number of thiocarbonyl (C=S) groups is 1. The van der Waals surface area contributed by atoms with Crippen molar-refractivity contribution in [2.45, 2.75) is 52.9 Å². The van der Waals surface area contributed by atoms with E-state index in [1.54, 1.807) is 12.3 Å². The molecule has 5 rings (SSSR count). The molecule has 2 aromatic carbocycles. The first kappa shape index (κ1) is 29.3. The van der Waals surface area contributed by atoms with Crippen molar-refractivity contribution in [1.29, 1.82) is 0 Å². The van der Waals surface area contributed by atoms with E-state index in [2.05, 4.69) is 15.6 Å². The van der Waals surface area contributed by atoms with E-state index >= 15 is 0 Å². The molecular formula is C32H32F3N5OS. The highest BCUT2D eigenvalue weighted by molar-refractivity contribution is 7.80. The van der Waals surface area contributed by atoms with Crippen molar-refractivity contribution in [3.05, 3.63) is 107 Å². The number of nitrogens with one attached hydrogen (secondary N) is 2. The van der Waals surface area contributed by atoms with Crippen LogP contribution >= 0.6 is 12.2 Å². The molecule has 0 bridgehead atoms. The number of anilines is 2. The van der Waals surface area contributed by atoms with Crippen LogP contribution in [0.1, 0.15) is 59.7 Å². The van der Waals surface area contributed by atoms with Gasteiger partial charge >= 0.3 is 6.18 Å². The van der Waals surface area contributed by atoms with Gasteiger partial charge in [0.25, 0.3) is 0 Å². The molecule has 4 aromatic rings. The van der Waals surface area contributed by atoms with Gasteiger partial charge in [-0.05, 0) is 98.7 Å². The van der Waals surface area contributed by atoms with E-state index in [0.717, 1.165) is 45.6 Å². The first-order chi connectivity index (χ1) is 19.9. The fourth-order valence-electron chi connectivity index (χ4n) is 5.47. The number of hydrogen-bond acceptors (Lipinski definition) is 3. The van der Waals surface area contributed by atoms with Gasteiger partial charge in [0, 0.05) is 40.6 Å². The maximum atomic E-state index is 13.6. The molecule has 0 unspecified atom stereocenters. The molecule has 218 valence electrons. The van der Waals surface area contributed by atoms with Crippen molar-refractivity contribution in [1.82, 2.24) is 14.9 Å². The summed E-state index contributed by atoms with van der Waals surface area (Å²) in [5.41, 5.74) is 5.42. The molecule has 1 aliphatic rings. The molecule has 1 amide bonds. The van der Waals surface area contributed by atoms with Crippen molar-refractivity contribution in [2.24, 2.45) is 5.92 Å². The number of carbonyl (C=O) groups excluding carboxylic acids is 1. The monoisotopic (exact) mass is 591 g/mol. The first-order valence-corrected chi connectivity index (χ1v) is 14.1. The molecular weight excluding hydrogens is 559 g/mol. The van der Waals surface area contributed by atoms with Gasteiger partial charge in [0.1, 0.15) is 0 Å². The number of rotatable bonds is 6. The Morgan fingerprint density at radius 2 is 1.76 bits per heavy atom. The Kier molecular flexibility index (Phi) is 7.85. The summed E-state index contributed by atoms with van der Waals surface area (Å²) in [4.78, 5) is 19.0.